The molecular formula is C12H17NO. The van der Waals surface area contributed by atoms with E-state index >= 15 is 0 Å². The first-order valence-corrected chi connectivity index (χ1v) is 5.06. The SMILES string of the molecule is CNCc1ccc2c(c1)CC(C)(C)O2. The normalized spacial score (nSPS) is 17.6. The van der Waals surface area contributed by atoms with Crippen LogP contribution in [0.15, 0.2) is 18.2 Å². The molecule has 0 bridgehead atoms. The Hall–Kier alpha value is -1.02. The average molecular weight is 191 g/mol. The van der Waals surface area contributed by atoms with Gasteiger partial charge in [-0.2, -0.15) is 0 Å². The second-order valence-corrected chi connectivity index (χ2v) is 4.51. The molecule has 14 heavy (non-hydrogen) atoms. The van der Waals surface area contributed by atoms with Crippen molar-refractivity contribution in [2.75, 3.05) is 7.05 Å². The highest BCUT2D eigenvalue weighted by Gasteiger charge is 2.29. The smallest absolute Gasteiger partial charge is 0.123 e. The Morgan fingerprint density at radius 2 is 2.21 bits per heavy atom. The second kappa shape index (κ2) is 3.28. The third kappa shape index (κ3) is 1.75. The lowest BCUT2D eigenvalue weighted by atomic mass is 10.0. The molecule has 2 heteroatoms. The Morgan fingerprint density at radius 1 is 1.43 bits per heavy atom. The van der Waals surface area contributed by atoms with Crippen LogP contribution in [0.5, 0.6) is 5.75 Å². The summed E-state index contributed by atoms with van der Waals surface area (Å²) in [5.74, 6) is 1.05. The molecule has 0 fully saturated rings. The van der Waals surface area contributed by atoms with Crippen LogP contribution < -0.4 is 10.1 Å². The molecule has 0 saturated carbocycles. The molecule has 0 aromatic heterocycles. The Bertz CT molecular complexity index is 344. The maximum absolute atomic E-state index is 5.81. The van der Waals surface area contributed by atoms with E-state index in [1.165, 1.54) is 11.1 Å². The van der Waals surface area contributed by atoms with Crippen LogP contribution in [0.25, 0.3) is 0 Å². The number of nitrogens with one attached hydrogen (secondary N) is 1. The molecule has 1 aliphatic heterocycles. The highest BCUT2D eigenvalue weighted by Crippen LogP contribution is 2.35. The molecule has 0 unspecified atom stereocenters. The molecule has 1 heterocycles. The van der Waals surface area contributed by atoms with E-state index in [1.54, 1.807) is 0 Å². The summed E-state index contributed by atoms with van der Waals surface area (Å²) in [5.41, 5.74) is 2.64. The van der Waals surface area contributed by atoms with Crippen LogP contribution in [0.2, 0.25) is 0 Å². The molecule has 0 saturated heterocycles. The molecular weight excluding hydrogens is 174 g/mol. The molecule has 1 aromatic rings. The second-order valence-electron chi connectivity index (χ2n) is 4.51. The van der Waals surface area contributed by atoms with Gasteiger partial charge in [0.2, 0.25) is 0 Å². The highest BCUT2D eigenvalue weighted by molar-refractivity contribution is 5.41. The summed E-state index contributed by atoms with van der Waals surface area (Å²) in [7, 11) is 1.97. The number of benzene rings is 1. The van der Waals surface area contributed by atoms with E-state index in [0.717, 1.165) is 18.7 Å². The zero-order chi connectivity index (χ0) is 10.2. The minimum Gasteiger partial charge on any atom is -0.487 e. The van der Waals surface area contributed by atoms with E-state index in [-0.39, 0.29) is 5.60 Å². The number of hydrogen-bond donors (Lipinski definition) is 1. The largest absolute Gasteiger partial charge is 0.487 e. The highest BCUT2D eigenvalue weighted by atomic mass is 16.5. The Kier molecular flexibility index (Phi) is 2.23. The van der Waals surface area contributed by atoms with E-state index in [2.05, 4.69) is 37.4 Å². The standard InChI is InChI=1S/C12H17NO/c1-12(2)7-10-6-9(8-13-3)4-5-11(10)14-12/h4-6,13H,7-8H2,1-3H3. The van der Waals surface area contributed by atoms with Crippen molar-refractivity contribution in [1.82, 2.24) is 5.32 Å². The van der Waals surface area contributed by atoms with Gasteiger partial charge >= 0.3 is 0 Å². The molecule has 0 radical (unpaired) electrons. The number of fused-ring (bicyclic) bond motifs is 1. The summed E-state index contributed by atoms with van der Waals surface area (Å²) in [4.78, 5) is 0. The molecule has 2 rings (SSSR count). The van der Waals surface area contributed by atoms with Crippen LogP contribution in [0.3, 0.4) is 0 Å². The van der Waals surface area contributed by atoms with Crippen molar-refractivity contribution < 1.29 is 4.74 Å². The van der Waals surface area contributed by atoms with Gasteiger partial charge in [-0.05, 0) is 38.1 Å². The summed E-state index contributed by atoms with van der Waals surface area (Å²) in [6.07, 6.45) is 1.01. The quantitative estimate of drug-likeness (QED) is 0.773. The lowest BCUT2D eigenvalue weighted by Crippen LogP contribution is -2.24. The number of rotatable bonds is 2. The van der Waals surface area contributed by atoms with Crippen molar-refractivity contribution in [2.24, 2.45) is 0 Å². The minimum absolute atomic E-state index is 0.0272. The first kappa shape index (κ1) is 9.53. The fraction of sp³-hybridized carbons (Fsp3) is 0.500. The molecule has 0 spiro atoms. The van der Waals surface area contributed by atoms with Gasteiger partial charge in [-0.3, -0.25) is 0 Å². The minimum atomic E-state index is -0.0272. The predicted octanol–water partition coefficient (Wildman–Crippen LogP) is 2.12. The number of hydrogen-bond acceptors (Lipinski definition) is 2. The van der Waals surface area contributed by atoms with Crippen molar-refractivity contribution in [3.8, 4) is 5.75 Å². The van der Waals surface area contributed by atoms with Gasteiger partial charge in [0.15, 0.2) is 0 Å². The third-order valence-electron chi connectivity index (χ3n) is 2.51. The van der Waals surface area contributed by atoms with Gasteiger partial charge in [0.1, 0.15) is 11.4 Å². The lowest BCUT2D eigenvalue weighted by Gasteiger charge is -2.16. The monoisotopic (exact) mass is 191 g/mol. The molecule has 0 amide bonds. The van der Waals surface area contributed by atoms with E-state index in [1.807, 2.05) is 7.05 Å². The maximum Gasteiger partial charge on any atom is 0.123 e. The van der Waals surface area contributed by atoms with Crippen molar-refractivity contribution >= 4 is 0 Å². The lowest BCUT2D eigenvalue weighted by molar-refractivity contribution is 0.138. The van der Waals surface area contributed by atoms with E-state index < -0.39 is 0 Å². The molecule has 76 valence electrons. The van der Waals surface area contributed by atoms with Crippen LogP contribution >= 0.6 is 0 Å². The topological polar surface area (TPSA) is 21.3 Å². The van der Waals surface area contributed by atoms with E-state index in [9.17, 15) is 0 Å². The summed E-state index contributed by atoms with van der Waals surface area (Å²) >= 11 is 0. The van der Waals surface area contributed by atoms with Gasteiger partial charge in [0.05, 0.1) is 0 Å². The summed E-state index contributed by atoms with van der Waals surface area (Å²) < 4.78 is 5.81. The molecule has 0 atom stereocenters. The third-order valence-corrected chi connectivity index (χ3v) is 2.51. The van der Waals surface area contributed by atoms with Crippen molar-refractivity contribution in [1.29, 1.82) is 0 Å². The average Bonchev–Trinajstić information content (AvgIpc) is 2.38. The van der Waals surface area contributed by atoms with Gasteiger partial charge in [0.25, 0.3) is 0 Å². The van der Waals surface area contributed by atoms with Crippen molar-refractivity contribution in [3.63, 3.8) is 0 Å². The van der Waals surface area contributed by atoms with Crippen LogP contribution in [0.4, 0.5) is 0 Å². The van der Waals surface area contributed by atoms with E-state index in [0.29, 0.717) is 0 Å². The maximum atomic E-state index is 5.81. The van der Waals surface area contributed by atoms with Crippen LogP contribution in [0, 0.1) is 0 Å². The van der Waals surface area contributed by atoms with Gasteiger partial charge in [-0.25, -0.2) is 0 Å². The predicted molar refractivity (Wildman–Crippen MR) is 57.6 cm³/mol. The van der Waals surface area contributed by atoms with Crippen molar-refractivity contribution in [3.05, 3.63) is 29.3 Å². The van der Waals surface area contributed by atoms with Gasteiger partial charge in [-0.1, -0.05) is 12.1 Å². The molecule has 1 aliphatic rings. The first-order valence-electron chi connectivity index (χ1n) is 5.06. The zero-order valence-electron chi connectivity index (χ0n) is 9.05. The van der Waals surface area contributed by atoms with E-state index in [4.69, 9.17) is 4.74 Å². The molecule has 0 aliphatic carbocycles. The Labute approximate surface area is 85.3 Å². The van der Waals surface area contributed by atoms with Gasteiger partial charge < -0.3 is 10.1 Å². The zero-order valence-corrected chi connectivity index (χ0v) is 9.05. The summed E-state index contributed by atoms with van der Waals surface area (Å²) in [5, 5.41) is 3.16. The molecule has 1 N–H and O–H groups in total. The van der Waals surface area contributed by atoms with Crippen LogP contribution in [-0.2, 0) is 13.0 Å². The molecule has 2 nitrogen and oxygen atoms in total. The fourth-order valence-electron chi connectivity index (χ4n) is 1.98. The van der Waals surface area contributed by atoms with Crippen molar-refractivity contribution in [2.45, 2.75) is 32.4 Å². The van der Waals surface area contributed by atoms with Crippen LogP contribution in [-0.4, -0.2) is 12.6 Å². The number of ether oxygens (including phenoxy) is 1. The van der Waals surface area contributed by atoms with Gasteiger partial charge in [-0.15, -0.1) is 0 Å². The van der Waals surface area contributed by atoms with Crippen LogP contribution in [0.1, 0.15) is 25.0 Å². The first-order chi connectivity index (χ1) is 6.61. The van der Waals surface area contributed by atoms with Gasteiger partial charge in [0, 0.05) is 13.0 Å². The fourth-order valence-corrected chi connectivity index (χ4v) is 1.98. The summed E-state index contributed by atoms with van der Waals surface area (Å²) in [6, 6.07) is 6.44. The summed E-state index contributed by atoms with van der Waals surface area (Å²) in [6.45, 7) is 5.18. The Morgan fingerprint density at radius 3 is 2.93 bits per heavy atom. The molecule has 1 aromatic carbocycles. The Balaban J connectivity index is 2.26.